The first kappa shape index (κ1) is 20.9. The summed E-state index contributed by atoms with van der Waals surface area (Å²) in [6.45, 7) is 5.86. The van der Waals surface area contributed by atoms with Gasteiger partial charge in [-0.1, -0.05) is 50.7 Å². The average molecular weight is 434 g/mol. The highest BCUT2D eigenvalue weighted by molar-refractivity contribution is 7.99. The molecule has 0 fully saturated rings. The normalized spacial score (nSPS) is 11.6. The van der Waals surface area contributed by atoms with Gasteiger partial charge in [0.15, 0.2) is 0 Å². The molecule has 1 heterocycles. The molecule has 0 spiro atoms. The Morgan fingerprint density at radius 1 is 1.00 bits per heavy atom. The Hall–Kier alpha value is -3.36. The van der Waals surface area contributed by atoms with Crippen molar-refractivity contribution in [2.45, 2.75) is 36.0 Å². The van der Waals surface area contributed by atoms with Crippen molar-refractivity contribution in [2.24, 2.45) is 5.84 Å². The van der Waals surface area contributed by atoms with E-state index in [0.29, 0.717) is 27.8 Å². The molecule has 8 heteroatoms. The van der Waals surface area contributed by atoms with E-state index in [1.807, 2.05) is 69.3 Å². The molecule has 0 saturated heterocycles. The van der Waals surface area contributed by atoms with Crippen molar-refractivity contribution in [1.29, 1.82) is 0 Å². The van der Waals surface area contributed by atoms with Crippen molar-refractivity contribution < 1.29 is 9.90 Å². The number of carbonyl (C=O) groups is 1. The van der Waals surface area contributed by atoms with Gasteiger partial charge in [-0.05, 0) is 47.9 Å². The van der Waals surface area contributed by atoms with Gasteiger partial charge < -0.3 is 5.11 Å². The van der Waals surface area contributed by atoms with E-state index in [1.165, 1.54) is 10.9 Å². The third-order valence-corrected chi connectivity index (χ3v) is 5.83. The summed E-state index contributed by atoms with van der Waals surface area (Å²) in [5.41, 5.74) is 4.35. The maximum atomic E-state index is 12.2. The van der Waals surface area contributed by atoms with Crippen LogP contribution in [0.4, 0.5) is 0 Å². The number of hydrazine groups is 1. The summed E-state index contributed by atoms with van der Waals surface area (Å²) in [4.78, 5) is 15.7. The molecule has 158 valence electrons. The van der Waals surface area contributed by atoms with Crippen molar-refractivity contribution in [2.75, 3.05) is 0 Å². The lowest BCUT2D eigenvalue weighted by Gasteiger charge is -2.22. The minimum Gasteiger partial charge on any atom is -0.505 e. The van der Waals surface area contributed by atoms with E-state index < -0.39 is 11.3 Å². The van der Waals surface area contributed by atoms with Crippen LogP contribution in [0.3, 0.4) is 0 Å². The van der Waals surface area contributed by atoms with Crippen LogP contribution in [-0.4, -0.2) is 26.0 Å². The molecule has 0 saturated carbocycles. The van der Waals surface area contributed by atoms with Gasteiger partial charge in [-0.25, -0.2) is 5.84 Å². The minimum atomic E-state index is -0.454. The molecular weight excluding hydrogens is 410 g/mol. The number of amides is 1. The number of fused-ring (bicyclic) bond motifs is 1. The number of nitrogens with zero attached hydrogens (tertiary/aromatic N) is 3. The second kappa shape index (κ2) is 8.05. The van der Waals surface area contributed by atoms with Crippen LogP contribution in [0.2, 0.25) is 0 Å². The van der Waals surface area contributed by atoms with E-state index >= 15 is 0 Å². The Bertz CT molecular complexity index is 1260. The van der Waals surface area contributed by atoms with Crippen LogP contribution in [0.25, 0.3) is 16.7 Å². The first-order valence-corrected chi connectivity index (χ1v) is 10.6. The van der Waals surface area contributed by atoms with E-state index in [9.17, 15) is 9.90 Å². The summed E-state index contributed by atoms with van der Waals surface area (Å²) < 4.78 is 0. The number of nitrogens with one attached hydrogen (secondary N) is 1. The van der Waals surface area contributed by atoms with Gasteiger partial charge in [0.05, 0.1) is 0 Å². The minimum absolute atomic E-state index is 0.0280. The highest BCUT2D eigenvalue weighted by Gasteiger charge is 2.24. The molecule has 4 aromatic rings. The molecule has 1 aromatic heterocycles. The van der Waals surface area contributed by atoms with Crippen LogP contribution in [0, 0.1) is 0 Å². The standard InChI is InChI=1S/C23H23N5O2S/c1-23(2,3)17-11-14(22(30)25-24)12-20(21(17)29)28-26-18-10-9-16(13-19(18)27-28)31-15-7-5-4-6-8-15/h4-13,29H,24H2,1-3H3,(H,25,30). The zero-order valence-corrected chi connectivity index (χ0v) is 18.3. The van der Waals surface area contributed by atoms with Gasteiger partial charge >= 0.3 is 0 Å². The van der Waals surface area contributed by atoms with Gasteiger partial charge in [0.25, 0.3) is 5.91 Å². The lowest BCUT2D eigenvalue weighted by atomic mass is 9.85. The zero-order valence-electron chi connectivity index (χ0n) is 17.5. The molecule has 0 bridgehead atoms. The lowest BCUT2D eigenvalue weighted by molar-refractivity contribution is 0.0953. The number of aromatic nitrogens is 3. The summed E-state index contributed by atoms with van der Waals surface area (Å²) in [7, 11) is 0. The number of phenolic OH excluding ortho intramolecular Hbond substituents is 1. The second-order valence-electron chi connectivity index (χ2n) is 8.17. The van der Waals surface area contributed by atoms with Gasteiger partial charge in [0.2, 0.25) is 0 Å². The molecule has 4 rings (SSSR count). The Morgan fingerprint density at radius 3 is 2.39 bits per heavy atom. The highest BCUT2D eigenvalue weighted by Crippen LogP contribution is 2.36. The van der Waals surface area contributed by atoms with Gasteiger partial charge in [-0.2, -0.15) is 0 Å². The fourth-order valence-electron chi connectivity index (χ4n) is 3.25. The molecule has 7 nitrogen and oxygen atoms in total. The Balaban J connectivity index is 1.80. The predicted molar refractivity (Wildman–Crippen MR) is 121 cm³/mol. The zero-order chi connectivity index (χ0) is 22.2. The number of aromatic hydroxyl groups is 1. The third-order valence-electron chi connectivity index (χ3n) is 4.84. The van der Waals surface area contributed by atoms with Gasteiger partial charge in [-0.3, -0.25) is 10.2 Å². The largest absolute Gasteiger partial charge is 0.505 e. The van der Waals surface area contributed by atoms with Crippen molar-refractivity contribution >= 4 is 28.7 Å². The summed E-state index contributed by atoms with van der Waals surface area (Å²) in [6.07, 6.45) is 0. The number of carbonyl (C=O) groups excluding carboxylic acids is 1. The summed E-state index contributed by atoms with van der Waals surface area (Å²) in [5, 5.41) is 20.0. The fraction of sp³-hybridized carbons (Fsp3) is 0.174. The molecule has 4 N–H and O–H groups in total. The summed E-state index contributed by atoms with van der Waals surface area (Å²) in [6, 6.07) is 19.1. The van der Waals surface area contributed by atoms with E-state index in [-0.39, 0.29) is 5.75 Å². The SMILES string of the molecule is CC(C)(C)c1cc(C(=O)NN)cc(-n2nc3ccc(Sc4ccccc4)cc3n2)c1O. The number of rotatable bonds is 4. The number of benzene rings is 3. The van der Waals surface area contributed by atoms with Crippen LogP contribution in [0.15, 0.2) is 70.5 Å². The number of hydrogen-bond acceptors (Lipinski definition) is 6. The molecule has 1 amide bonds. The smallest absolute Gasteiger partial charge is 0.265 e. The number of phenols is 1. The number of nitrogens with two attached hydrogens (primary N) is 1. The number of nitrogen functional groups attached to an aromatic ring is 1. The Labute approximate surface area is 184 Å². The van der Waals surface area contributed by atoms with Gasteiger partial charge in [-0.15, -0.1) is 15.0 Å². The molecule has 31 heavy (non-hydrogen) atoms. The quantitative estimate of drug-likeness (QED) is 0.253. The molecule has 3 aromatic carbocycles. The fourth-order valence-corrected chi connectivity index (χ4v) is 4.12. The molecule has 0 aliphatic heterocycles. The van der Waals surface area contributed by atoms with Crippen molar-refractivity contribution in [3.63, 3.8) is 0 Å². The van der Waals surface area contributed by atoms with Crippen LogP contribution in [0.5, 0.6) is 5.75 Å². The first-order valence-electron chi connectivity index (χ1n) is 9.75. The maximum absolute atomic E-state index is 12.2. The topological polar surface area (TPSA) is 106 Å². The van der Waals surface area contributed by atoms with E-state index in [2.05, 4.69) is 15.6 Å². The Kier molecular flexibility index (Phi) is 5.43. The molecule has 0 atom stereocenters. The predicted octanol–water partition coefficient (Wildman–Crippen LogP) is 4.18. The Morgan fingerprint density at radius 2 is 1.71 bits per heavy atom. The van der Waals surface area contributed by atoms with E-state index in [1.54, 1.807) is 17.8 Å². The van der Waals surface area contributed by atoms with Crippen molar-refractivity contribution in [3.05, 3.63) is 71.8 Å². The molecule has 0 aliphatic carbocycles. The molecular formula is C23H23N5O2S. The first-order chi connectivity index (χ1) is 14.8. The highest BCUT2D eigenvalue weighted by atomic mass is 32.2. The van der Waals surface area contributed by atoms with E-state index in [0.717, 1.165) is 9.79 Å². The molecule has 0 unspecified atom stereocenters. The van der Waals surface area contributed by atoms with Crippen LogP contribution in [0.1, 0.15) is 36.7 Å². The summed E-state index contributed by atoms with van der Waals surface area (Å²) >= 11 is 1.63. The van der Waals surface area contributed by atoms with Crippen molar-refractivity contribution in [1.82, 2.24) is 20.4 Å². The monoisotopic (exact) mass is 433 g/mol. The average Bonchev–Trinajstić information content (AvgIpc) is 3.16. The van der Waals surface area contributed by atoms with Crippen LogP contribution >= 0.6 is 11.8 Å². The van der Waals surface area contributed by atoms with E-state index in [4.69, 9.17) is 5.84 Å². The second-order valence-corrected chi connectivity index (χ2v) is 9.32. The third kappa shape index (κ3) is 4.26. The van der Waals surface area contributed by atoms with Crippen LogP contribution in [-0.2, 0) is 5.41 Å². The van der Waals surface area contributed by atoms with Gasteiger partial charge in [0, 0.05) is 20.9 Å². The van der Waals surface area contributed by atoms with Gasteiger partial charge in [0.1, 0.15) is 22.5 Å². The lowest BCUT2D eigenvalue weighted by Crippen LogP contribution is -2.30. The summed E-state index contributed by atoms with van der Waals surface area (Å²) in [5.74, 6) is 4.90. The number of hydrogen-bond donors (Lipinski definition) is 3. The van der Waals surface area contributed by atoms with Crippen LogP contribution < -0.4 is 11.3 Å². The molecule has 0 aliphatic rings. The maximum Gasteiger partial charge on any atom is 0.265 e. The van der Waals surface area contributed by atoms with Crippen molar-refractivity contribution in [3.8, 4) is 11.4 Å². The molecule has 0 radical (unpaired) electrons.